The number of carbonyl (C=O) groups is 4. The second kappa shape index (κ2) is 11.2. The molecule has 0 aromatic heterocycles. The summed E-state index contributed by atoms with van der Waals surface area (Å²) >= 11 is -1.16. The highest BCUT2D eigenvalue weighted by Gasteiger charge is 2.65. The highest BCUT2D eigenvalue weighted by molar-refractivity contribution is 7.95. The third-order valence-electron chi connectivity index (χ3n) is 10.3. The van der Waals surface area contributed by atoms with Gasteiger partial charge in [0.05, 0.1) is 0 Å². The molecule has 0 aromatic carbocycles. The molecule has 4 fully saturated rings. The van der Waals surface area contributed by atoms with E-state index in [1.54, 1.807) is 0 Å². The van der Waals surface area contributed by atoms with Gasteiger partial charge in [0.25, 0.3) is 6.10 Å². The van der Waals surface area contributed by atoms with Crippen LogP contribution in [-0.2, 0) is 33.3 Å². The molecule has 8 unspecified atom stereocenters. The number of hydrogen-bond acceptors (Lipinski definition) is 9. The average molecular weight is 601 g/mol. The van der Waals surface area contributed by atoms with Gasteiger partial charge in [0.15, 0.2) is 0 Å². The van der Waals surface area contributed by atoms with Crippen LogP contribution in [0.15, 0.2) is 0 Å². The van der Waals surface area contributed by atoms with Crippen LogP contribution in [0.3, 0.4) is 0 Å². The topological polar surface area (TPSA) is 116 Å². The first kappa shape index (κ1) is 31.3. The fraction of sp³-hybridized carbons (Fsp3) is 0.846. The van der Waals surface area contributed by atoms with E-state index in [0.29, 0.717) is 38.5 Å². The van der Waals surface area contributed by atoms with Gasteiger partial charge in [0.1, 0.15) is 29.4 Å². The number of fused-ring (bicyclic) bond motifs is 5. The minimum atomic E-state index is -5.63. The molecule has 1 N–H and O–H groups in total. The normalized spacial score (nSPS) is 37.0. The number of ketones is 3. The molecule has 0 saturated heterocycles. The van der Waals surface area contributed by atoms with Crippen LogP contribution in [0.2, 0.25) is 0 Å². The third kappa shape index (κ3) is 5.57. The maximum Gasteiger partial charge on any atom is 0.432 e. The molecule has 0 radical (unpaired) electrons. The Bertz CT molecular complexity index is 1040. The van der Waals surface area contributed by atoms with E-state index in [1.807, 2.05) is 6.92 Å². The number of ether oxygens (including phenoxy) is 1. The molecule has 4 saturated carbocycles. The van der Waals surface area contributed by atoms with Gasteiger partial charge in [0, 0.05) is 43.4 Å². The minimum Gasteiger partial charge on any atom is -0.445 e. The van der Waals surface area contributed by atoms with Crippen LogP contribution in [0.1, 0.15) is 78.1 Å². The van der Waals surface area contributed by atoms with Crippen LogP contribution in [-0.4, -0.2) is 46.1 Å². The van der Waals surface area contributed by atoms with Gasteiger partial charge in [-0.3, -0.25) is 19.2 Å². The lowest BCUT2D eigenvalue weighted by Gasteiger charge is -2.58. The molecule has 4 aliphatic carbocycles. The Labute approximate surface area is 232 Å². The Hall–Kier alpha value is -1.64. The number of halogens is 5. The Morgan fingerprint density at radius 3 is 2.42 bits per heavy atom. The molecule has 4 rings (SSSR count). The zero-order valence-electron chi connectivity index (χ0n) is 22.1. The molecule has 0 amide bonds. The van der Waals surface area contributed by atoms with E-state index in [0.717, 1.165) is 0 Å². The summed E-state index contributed by atoms with van der Waals surface area (Å²) in [5, 5.41) is 6.08. The van der Waals surface area contributed by atoms with E-state index in [-0.39, 0.29) is 71.6 Å². The van der Waals surface area contributed by atoms with Crippen molar-refractivity contribution in [2.45, 2.75) is 95.6 Å². The standard InChI is InChI=1S/C26H33F5O8S/c1-23-9-8-15(32)10-14(23)11-18(33)21-16-7-6-13(24(16,2)19(34)12-17(21)23)4-3-5-20(35)37-22(25(27,28)29)26(30,31)40-39-38-36/h13-14,16-17,21-22,36H,3-12H2,1-2H3. The van der Waals surface area contributed by atoms with Crippen molar-refractivity contribution >= 4 is 35.4 Å². The summed E-state index contributed by atoms with van der Waals surface area (Å²) in [6, 6.07) is 0. The van der Waals surface area contributed by atoms with E-state index in [9.17, 15) is 41.1 Å². The van der Waals surface area contributed by atoms with Gasteiger partial charge in [-0.05, 0) is 61.2 Å². The SMILES string of the molecule is CC12CCC(=O)CC1CC(=O)C1C2CC(=O)C2(C)C(CCCC(=O)OC(C(F)(F)F)C(F)(F)SOOO)CCC12. The van der Waals surface area contributed by atoms with Crippen molar-refractivity contribution in [3.05, 3.63) is 0 Å². The van der Waals surface area contributed by atoms with Crippen molar-refractivity contribution in [1.29, 1.82) is 0 Å². The van der Waals surface area contributed by atoms with Gasteiger partial charge >= 0.3 is 17.4 Å². The Morgan fingerprint density at radius 1 is 1.07 bits per heavy atom. The largest absolute Gasteiger partial charge is 0.445 e. The molecule has 0 aliphatic heterocycles. The van der Waals surface area contributed by atoms with Crippen molar-refractivity contribution in [3.8, 4) is 0 Å². The molecule has 4 aliphatic rings. The number of esters is 1. The smallest absolute Gasteiger partial charge is 0.432 e. The van der Waals surface area contributed by atoms with Crippen LogP contribution in [0.25, 0.3) is 0 Å². The zero-order chi connectivity index (χ0) is 29.7. The summed E-state index contributed by atoms with van der Waals surface area (Å²) in [6.45, 7) is 3.93. The number of hydrogen-bond donors (Lipinski definition) is 1. The molecular formula is C26H33F5O8S. The van der Waals surface area contributed by atoms with Gasteiger partial charge in [-0.25, -0.2) is 5.26 Å². The van der Waals surface area contributed by atoms with E-state index in [4.69, 9.17) is 5.26 Å². The van der Waals surface area contributed by atoms with Gasteiger partial charge < -0.3 is 4.74 Å². The van der Waals surface area contributed by atoms with Crippen LogP contribution >= 0.6 is 12.0 Å². The monoisotopic (exact) mass is 600 g/mol. The molecule has 40 heavy (non-hydrogen) atoms. The first-order valence-corrected chi connectivity index (χ1v) is 14.2. The van der Waals surface area contributed by atoms with E-state index < -0.39 is 47.4 Å². The summed E-state index contributed by atoms with van der Waals surface area (Å²) in [7, 11) is 0. The molecule has 226 valence electrons. The summed E-state index contributed by atoms with van der Waals surface area (Å²) in [5.74, 6) is -2.16. The average Bonchev–Trinajstić information content (AvgIpc) is 3.19. The first-order chi connectivity index (χ1) is 18.6. The van der Waals surface area contributed by atoms with Gasteiger partial charge in [0.2, 0.25) is 0 Å². The molecule has 0 bridgehead atoms. The summed E-state index contributed by atoms with van der Waals surface area (Å²) < 4.78 is 74.7. The van der Waals surface area contributed by atoms with Crippen molar-refractivity contribution in [2.75, 3.05) is 0 Å². The number of alkyl halides is 5. The van der Waals surface area contributed by atoms with Gasteiger partial charge in [-0.1, -0.05) is 18.9 Å². The minimum absolute atomic E-state index is 0.00255. The van der Waals surface area contributed by atoms with Crippen molar-refractivity contribution in [1.82, 2.24) is 0 Å². The Kier molecular flexibility index (Phi) is 8.78. The maximum absolute atomic E-state index is 13.9. The molecule has 8 atom stereocenters. The second-order valence-corrected chi connectivity index (χ2v) is 13.0. The van der Waals surface area contributed by atoms with Crippen LogP contribution < -0.4 is 0 Å². The summed E-state index contributed by atoms with van der Waals surface area (Å²) in [4.78, 5) is 51.3. The number of rotatable bonds is 9. The van der Waals surface area contributed by atoms with Crippen LogP contribution in [0.4, 0.5) is 22.0 Å². The summed E-state index contributed by atoms with van der Waals surface area (Å²) in [5.41, 5.74) is -1.11. The second-order valence-electron chi connectivity index (χ2n) is 12.1. The van der Waals surface area contributed by atoms with E-state index in [2.05, 4.69) is 21.0 Å². The molecule has 0 heterocycles. The first-order valence-electron chi connectivity index (χ1n) is 13.4. The Morgan fingerprint density at radius 2 is 1.77 bits per heavy atom. The van der Waals surface area contributed by atoms with Gasteiger partial charge in [-0.2, -0.15) is 22.0 Å². The van der Waals surface area contributed by atoms with Crippen LogP contribution in [0.5, 0.6) is 0 Å². The molecule has 8 nitrogen and oxygen atoms in total. The van der Waals surface area contributed by atoms with E-state index in [1.165, 1.54) is 0 Å². The zero-order valence-corrected chi connectivity index (χ0v) is 23.0. The molecule has 0 aromatic rings. The Balaban J connectivity index is 1.40. The maximum atomic E-state index is 13.9. The number of Topliss-reactive ketones (excluding diaryl/α,β-unsaturated/α-hetero) is 3. The van der Waals surface area contributed by atoms with Crippen molar-refractivity contribution in [3.63, 3.8) is 0 Å². The third-order valence-corrected chi connectivity index (χ3v) is 10.9. The lowest BCUT2D eigenvalue weighted by Crippen LogP contribution is -2.59. The lowest BCUT2D eigenvalue weighted by molar-refractivity contribution is -0.434. The molecular weight excluding hydrogens is 567 g/mol. The quantitative estimate of drug-likeness (QED) is 0.114. The fourth-order valence-corrected chi connectivity index (χ4v) is 8.53. The fourth-order valence-electron chi connectivity index (χ4n) is 8.14. The van der Waals surface area contributed by atoms with Crippen LogP contribution in [0, 0.1) is 40.4 Å². The van der Waals surface area contributed by atoms with E-state index >= 15 is 0 Å². The number of carbonyl (C=O) groups excluding carboxylic acids is 4. The molecule has 0 spiro atoms. The highest BCUT2D eigenvalue weighted by atomic mass is 32.2. The predicted molar refractivity (Wildman–Crippen MR) is 128 cm³/mol. The van der Waals surface area contributed by atoms with Crippen molar-refractivity contribution in [2.24, 2.45) is 40.4 Å². The lowest BCUT2D eigenvalue weighted by atomic mass is 9.44. The predicted octanol–water partition coefficient (Wildman–Crippen LogP) is 5.88. The van der Waals surface area contributed by atoms with Gasteiger partial charge in [-0.15, -0.1) is 4.33 Å². The highest BCUT2D eigenvalue weighted by Crippen LogP contribution is 2.65. The van der Waals surface area contributed by atoms with Crippen molar-refractivity contribution < 1.29 is 60.5 Å². The summed E-state index contributed by atoms with van der Waals surface area (Å²) in [6.07, 6.45) is -6.55. The molecule has 14 heteroatoms.